The van der Waals surface area contributed by atoms with Gasteiger partial charge in [-0.15, -0.1) is 0 Å². The Morgan fingerprint density at radius 3 is 2.73 bits per heavy atom. The molecule has 4 heteroatoms. The molecule has 2 aromatic rings. The van der Waals surface area contributed by atoms with E-state index in [4.69, 9.17) is 5.26 Å². The fourth-order valence-corrected chi connectivity index (χ4v) is 1.24. The van der Waals surface area contributed by atoms with Crippen molar-refractivity contribution in [3.8, 4) is 6.07 Å². The standard InChI is InChI=1S/C11H10N4/c12-7-9-1-3-10(4-2-9)15-8-11-13-5-6-14-11/h1-6,15H,8H2,(H,13,14). The van der Waals surface area contributed by atoms with Gasteiger partial charge in [0, 0.05) is 18.1 Å². The summed E-state index contributed by atoms with van der Waals surface area (Å²) in [5.41, 5.74) is 1.64. The lowest BCUT2D eigenvalue weighted by Gasteiger charge is -2.03. The van der Waals surface area contributed by atoms with Crippen molar-refractivity contribution in [1.82, 2.24) is 9.97 Å². The van der Waals surface area contributed by atoms with Gasteiger partial charge in [0.2, 0.25) is 0 Å². The Morgan fingerprint density at radius 2 is 2.13 bits per heavy atom. The Labute approximate surface area is 87.6 Å². The maximum atomic E-state index is 8.62. The normalized spacial score (nSPS) is 9.53. The SMILES string of the molecule is N#Cc1ccc(NCc2ncc[nH]2)cc1. The van der Waals surface area contributed by atoms with Crippen molar-refractivity contribution in [2.24, 2.45) is 0 Å². The summed E-state index contributed by atoms with van der Waals surface area (Å²) in [6.07, 6.45) is 3.51. The lowest BCUT2D eigenvalue weighted by atomic mass is 10.2. The summed E-state index contributed by atoms with van der Waals surface area (Å²) in [5, 5.41) is 11.8. The molecule has 1 heterocycles. The van der Waals surface area contributed by atoms with Gasteiger partial charge >= 0.3 is 0 Å². The zero-order valence-corrected chi connectivity index (χ0v) is 8.07. The van der Waals surface area contributed by atoms with Gasteiger partial charge in [0.05, 0.1) is 18.2 Å². The van der Waals surface area contributed by atoms with Crippen molar-refractivity contribution >= 4 is 5.69 Å². The van der Waals surface area contributed by atoms with Crippen molar-refractivity contribution in [2.75, 3.05) is 5.32 Å². The number of anilines is 1. The van der Waals surface area contributed by atoms with Crippen LogP contribution in [-0.2, 0) is 6.54 Å². The first kappa shape index (κ1) is 9.28. The lowest BCUT2D eigenvalue weighted by molar-refractivity contribution is 1.00. The van der Waals surface area contributed by atoms with E-state index >= 15 is 0 Å². The maximum Gasteiger partial charge on any atom is 0.125 e. The molecule has 4 nitrogen and oxygen atoms in total. The summed E-state index contributed by atoms with van der Waals surface area (Å²) in [6, 6.07) is 9.39. The van der Waals surface area contributed by atoms with E-state index in [2.05, 4.69) is 21.4 Å². The fourth-order valence-electron chi connectivity index (χ4n) is 1.24. The molecular formula is C11H10N4. The van der Waals surface area contributed by atoms with Crippen LogP contribution in [0.1, 0.15) is 11.4 Å². The van der Waals surface area contributed by atoms with Crippen LogP contribution in [0, 0.1) is 11.3 Å². The van der Waals surface area contributed by atoms with Crippen LogP contribution >= 0.6 is 0 Å². The van der Waals surface area contributed by atoms with Crippen LogP contribution in [0.4, 0.5) is 5.69 Å². The van der Waals surface area contributed by atoms with Crippen molar-refractivity contribution in [2.45, 2.75) is 6.54 Å². The van der Waals surface area contributed by atoms with Gasteiger partial charge in [-0.05, 0) is 24.3 Å². The quantitative estimate of drug-likeness (QED) is 0.791. The molecule has 2 rings (SSSR count). The minimum absolute atomic E-state index is 0.652. The zero-order chi connectivity index (χ0) is 10.5. The van der Waals surface area contributed by atoms with Crippen LogP contribution in [0.25, 0.3) is 0 Å². The Hall–Kier alpha value is -2.28. The van der Waals surface area contributed by atoms with Crippen LogP contribution in [0.5, 0.6) is 0 Å². The number of nitriles is 1. The highest BCUT2D eigenvalue weighted by Gasteiger charge is 1.95. The monoisotopic (exact) mass is 198 g/mol. The summed E-state index contributed by atoms with van der Waals surface area (Å²) >= 11 is 0. The summed E-state index contributed by atoms with van der Waals surface area (Å²) < 4.78 is 0. The highest BCUT2D eigenvalue weighted by atomic mass is 15.0. The number of rotatable bonds is 3. The van der Waals surface area contributed by atoms with Gasteiger partial charge in [0.1, 0.15) is 5.82 Å². The number of nitrogens with one attached hydrogen (secondary N) is 2. The number of hydrogen-bond donors (Lipinski definition) is 2. The van der Waals surface area contributed by atoms with E-state index in [9.17, 15) is 0 Å². The van der Waals surface area contributed by atoms with E-state index in [1.54, 1.807) is 24.5 Å². The number of hydrogen-bond acceptors (Lipinski definition) is 3. The lowest BCUT2D eigenvalue weighted by Crippen LogP contribution is -2.00. The summed E-state index contributed by atoms with van der Waals surface area (Å²) in [4.78, 5) is 7.10. The highest BCUT2D eigenvalue weighted by Crippen LogP contribution is 2.09. The zero-order valence-electron chi connectivity index (χ0n) is 8.07. The molecule has 0 amide bonds. The fraction of sp³-hybridized carbons (Fsp3) is 0.0909. The first-order chi connectivity index (χ1) is 7.38. The van der Waals surface area contributed by atoms with Crippen molar-refractivity contribution in [3.63, 3.8) is 0 Å². The van der Waals surface area contributed by atoms with Gasteiger partial charge in [-0.25, -0.2) is 4.98 Å². The van der Waals surface area contributed by atoms with Gasteiger partial charge in [-0.1, -0.05) is 0 Å². The van der Waals surface area contributed by atoms with Crippen LogP contribution in [0.3, 0.4) is 0 Å². The van der Waals surface area contributed by atoms with Crippen molar-refractivity contribution < 1.29 is 0 Å². The predicted octanol–water partition coefficient (Wildman–Crippen LogP) is 1.89. The van der Waals surface area contributed by atoms with Gasteiger partial charge in [0.25, 0.3) is 0 Å². The molecule has 1 aromatic carbocycles. The minimum atomic E-state index is 0.652. The predicted molar refractivity (Wildman–Crippen MR) is 57.1 cm³/mol. The molecule has 0 unspecified atom stereocenters. The molecule has 15 heavy (non-hydrogen) atoms. The summed E-state index contributed by atoms with van der Waals surface area (Å²) in [7, 11) is 0. The molecule has 0 aliphatic rings. The van der Waals surface area contributed by atoms with Gasteiger partial charge in [0.15, 0.2) is 0 Å². The Morgan fingerprint density at radius 1 is 1.33 bits per heavy atom. The molecule has 0 atom stereocenters. The topological polar surface area (TPSA) is 64.5 Å². The van der Waals surface area contributed by atoms with E-state index in [1.165, 1.54) is 0 Å². The number of aromatic amines is 1. The molecule has 1 aromatic heterocycles. The second-order valence-electron chi connectivity index (χ2n) is 3.08. The van der Waals surface area contributed by atoms with E-state index in [-0.39, 0.29) is 0 Å². The second kappa shape index (κ2) is 4.29. The molecule has 74 valence electrons. The number of H-pyrrole nitrogens is 1. The Kier molecular flexibility index (Phi) is 2.65. The number of nitrogens with zero attached hydrogens (tertiary/aromatic N) is 2. The van der Waals surface area contributed by atoms with Crippen LogP contribution in [-0.4, -0.2) is 9.97 Å². The molecule has 0 aliphatic carbocycles. The highest BCUT2D eigenvalue weighted by molar-refractivity contribution is 5.47. The van der Waals surface area contributed by atoms with Crippen molar-refractivity contribution in [1.29, 1.82) is 5.26 Å². The van der Waals surface area contributed by atoms with E-state index < -0.39 is 0 Å². The number of imidazole rings is 1. The average molecular weight is 198 g/mol. The summed E-state index contributed by atoms with van der Waals surface area (Å²) in [5.74, 6) is 0.888. The molecule has 0 saturated carbocycles. The minimum Gasteiger partial charge on any atom is -0.378 e. The molecular weight excluding hydrogens is 188 g/mol. The molecule has 0 spiro atoms. The van der Waals surface area contributed by atoms with E-state index in [0.29, 0.717) is 12.1 Å². The van der Waals surface area contributed by atoms with E-state index in [0.717, 1.165) is 11.5 Å². The van der Waals surface area contributed by atoms with Crippen LogP contribution in [0.2, 0.25) is 0 Å². The Bertz CT molecular complexity index is 450. The van der Waals surface area contributed by atoms with Gasteiger partial charge in [-0.2, -0.15) is 5.26 Å². The molecule has 0 radical (unpaired) electrons. The maximum absolute atomic E-state index is 8.62. The molecule has 0 aliphatic heterocycles. The van der Waals surface area contributed by atoms with Gasteiger partial charge < -0.3 is 10.3 Å². The number of aromatic nitrogens is 2. The molecule has 0 fully saturated rings. The second-order valence-corrected chi connectivity index (χ2v) is 3.08. The third kappa shape index (κ3) is 2.35. The van der Waals surface area contributed by atoms with Crippen LogP contribution < -0.4 is 5.32 Å². The van der Waals surface area contributed by atoms with E-state index in [1.807, 2.05) is 12.1 Å². The van der Waals surface area contributed by atoms with Gasteiger partial charge in [-0.3, -0.25) is 0 Å². The third-order valence-corrected chi connectivity index (χ3v) is 2.03. The first-order valence-electron chi connectivity index (χ1n) is 4.61. The molecule has 2 N–H and O–H groups in total. The smallest absolute Gasteiger partial charge is 0.125 e. The van der Waals surface area contributed by atoms with Crippen LogP contribution in [0.15, 0.2) is 36.7 Å². The Balaban J connectivity index is 1.97. The molecule has 0 bridgehead atoms. The molecule has 0 saturated heterocycles. The van der Waals surface area contributed by atoms with Crippen molar-refractivity contribution in [3.05, 3.63) is 48.0 Å². The number of benzene rings is 1. The third-order valence-electron chi connectivity index (χ3n) is 2.03. The first-order valence-corrected chi connectivity index (χ1v) is 4.61. The summed E-state index contributed by atoms with van der Waals surface area (Å²) in [6.45, 7) is 0.652. The average Bonchev–Trinajstić information content (AvgIpc) is 2.80. The largest absolute Gasteiger partial charge is 0.378 e.